The fraction of sp³-hybridized carbons (Fsp3) is 0.455. The third-order valence-electron chi connectivity index (χ3n) is 3.04. The van der Waals surface area contributed by atoms with Crippen LogP contribution in [0.15, 0.2) is 17.0 Å². The Morgan fingerprint density at radius 3 is 2.39 bits per heavy atom. The van der Waals surface area contributed by atoms with Crippen LogP contribution in [0.4, 0.5) is 8.78 Å². The molecule has 0 aromatic heterocycles. The van der Waals surface area contributed by atoms with E-state index in [4.69, 9.17) is 5.73 Å². The van der Waals surface area contributed by atoms with E-state index in [1.54, 1.807) is 0 Å². The first-order chi connectivity index (χ1) is 8.48. The van der Waals surface area contributed by atoms with Crippen molar-refractivity contribution in [3.8, 4) is 0 Å². The van der Waals surface area contributed by atoms with Crippen LogP contribution in [0.1, 0.15) is 18.4 Å². The van der Waals surface area contributed by atoms with E-state index >= 15 is 0 Å². The van der Waals surface area contributed by atoms with E-state index in [2.05, 4.69) is 0 Å². The van der Waals surface area contributed by atoms with Gasteiger partial charge < -0.3 is 5.73 Å². The lowest BCUT2D eigenvalue weighted by molar-refractivity contribution is 0.465. The van der Waals surface area contributed by atoms with Gasteiger partial charge in [0.1, 0.15) is 10.7 Å². The van der Waals surface area contributed by atoms with E-state index in [1.807, 2.05) is 0 Å². The van der Waals surface area contributed by atoms with Crippen molar-refractivity contribution in [1.29, 1.82) is 0 Å². The molecule has 0 bridgehead atoms. The smallest absolute Gasteiger partial charge is 0.245 e. The van der Waals surface area contributed by atoms with Crippen molar-refractivity contribution >= 4 is 10.0 Å². The van der Waals surface area contributed by atoms with Gasteiger partial charge in [0.05, 0.1) is 0 Å². The van der Waals surface area contributed by atoms with Gasteiger partial charge in [0.15, 0.2) is 5.82 Å². The average molecular weight is 276 g/mol. The third-order valence-corrected chi connectivity index (χ3v) is 4.95. The molecular formula is C11H14F2N2O2S. The molecule has 100 valence electrons. The van der Waals surface area contributed by atoms with E-state index in [9.17, 15) is 17.2 Å². The second kappa shape index (κ2) is 4.91. The Labute approximate surface area is 104 Å². The second-order valence-electron chi connectivity index (χ2n) is 4.15. The van der Waals surface area contributed by atoms with Crippen LogP contribution in [0.5, 0.6) is 0 Å². The molecule has 1 fully saturated rings. The zero-order valence-corrected chi connectivity index (χ0v) is 10.5. The van der Waals surface area contributed by atoms with Crippen LogP contribution < -0.4 is 5.73 Å². The summed E-state index contributed by atoms with van der Waals surface area (Å²) in [6, 6.07) is 1.89. The van der Waals surface area contributed by atoms with Gasteiger partial charge in [-0.05, 0) is 25.0 Å². The van der Waals surface area contributed by atoms with Gasteiger partial charge in [-0.2, -0.15) is 4.31 Å². The third kappa shape index (κ3) is 2.13. The fourth-order valence-corrected chi connectivity index (χ4v) is 3.64. The summed E-state index contributed by atoms with van der Waals surface area (Å²) in [4.78, 5) is -0.494. The molecule has 1 aliphatic heterocycles. The van der Waals surface area contributed by atoms with Crippen molar-refractivity contribution in [2.24, 2.45) is 5.73 Å². The molecule has 4 nitrogen and oxygen atoms in total. The summed E-state index contributed by atoms with van der Waals surface area (Å²) in [5, 5.41) is 0. The molecule has 0 aliphatic carbocycles. The summed E-state index contributed by atoms with van der Waals surface area (Å²) >= 11 is 0. The Bertz CT molecular complexity index is 554. The van der Waals surface area contributed by atoms with Crippen molar-refractivity contribution < 1.29 is 17.2 Å². The number of nitrogens with two attached hydrogens (primary N) is 1. The average Bonchev–Trinajstić information content (AvgIpc) is 2.83. The summed E-state index contributed by atoms with van der Waals surface area (Å²) < 4.78 is 52.8. The highest BCUT2D eigenvalue weighted by Gasteiger charge is 2.31. The maximum Gasteiger partial charge on any atom is 0.245 e. The molecule has 2 rings (SSSR count). The molecule has 0 amide bonds. The maximum atomic E-state index is 14.0. The van der Waals surface area contributed by atoms with Gasteiger partial charge in [0, 0.05) is 25.2 Å². The number of nitrogens with zero attached hydrogens (tertiary/aromatic N) is 1. The van der Waals surface area contributed by atoms with Crippen molar-refractivity contribution in [3.63, 3.8) is 0 Å². The van der Waals surface area contributed by atoms with Crippen LogP contribution in [0.3, 0.4) is 0 Å². The van der Waals surface area contributed by atoms with Gasteiger partial charge in [-0.25, -0.2) is 17.2 Å². The Kier molecular flexibility index (Phi) is 3.65. The molecule has 0 radical (unpaired) electrons. The van der Waals surface area contributed by atoms with E-state index in [1.165, 1.54) is 4.31 Å². The highest BCUT2D eigenvalue weighted by molar-refractivity contribution is 7.89. The Hall–Kier alpha value is -1.05. The second-order valence-corrected chi connectivity index (χ2v) is 6.06. The lowest BCUT2D eigenvalue weighted by atomic mass is 10.2. The number of rotatable bonds is 3. The first-order valence-electron chi connectivity index (χ1n) is 5.65. The van der Waals surface area contributed by atoms with Crippen molar-refractivity contribution in [1.82, 2.24) is 4.31 Å². The number of sulfonamides is 1. The van der Waals surface area contributed by atoms with E-state index in [0.29, 0.717) is 13.1 Å². The normalized spacial score (nSPS) is 17.3. The van der Waals surface area contributed by atoms with Crippen molar-refractivity contribution in [2.45, 2.75) is 24.3 Å². The number of halogens is 2. The van der Waals surface area contributed by atoms with Gasteiger partial charge in [0.25, 0.3) is 0 Å². The van der Waals surface area contributed by atoms with Gasteiger partial charge in [-0.15, -0.1) is 0 Å². The minimum Gasteiger partial charge on any atom is -0.326 e. The molecule has 1 heterocycles. The van der Waals surface area contributed by atoms with Crippen LogP contribution in [0.2, 0.25) is 0 Å². The van der Waals surface area contributed by atoms with Gasteiger partial charge in [-0.3, -0.25) is 0 Å². The Morgan fingerprint density at radius 1 is 1.22 bits per heavy atom. The quantitative estimate of drug-likeness (QED) is 0.902. The highest BCUT2D eigenvalue weighted by atomic mass is 32.2. The largest absolute Gasteiger partial charge is 0.326 e. The van der Waals surface area contributed by atoms with E-state index in [-0.39, 0.29) is 6.54 Å². The number of hydrogen-bond donors (Lipinski definition) is 1. The topological polar surface area (TPSA) is 63.4 Å². The molecule has 2 N–H and O–H groups in total. The minimum absolute atomic E-state index is 0.372. The molecule has 0 spiro atoms. The van der Waals surface area contributed by atoms with Gasteiger partial charge in [0.2, 0.25) is 10.0 Å². The van der Waals surface area contributed by atoms with Crippen molar-refractivity contribution in [3.05, 3.63) is 29.3 Å². The SMILES string of the molecule is NCc1c(F)ccc(S(=O)(=O)N2CCCC2)c1F. The fourth-order valence-electron chi connectivity index (χ4n) is 2.03. The Balaban J connectivity index is 2.51. The molecule has 18 heavy (non-hydrogen) atoms. The summed E-state index contributed by atoms with van der Waals surface area (Å²) in [6.07, 6.45) is 1.51. The summed E-state index contributed by atoms with van der Waals surface area (Å²) in [6.45, 7) is 0.370. The van der Waals surface area contributed by atoms with Crippen LogP contribution in [0, 0.1) is 11.6 Å². The van der Waals surface area contributed by atoms with E-state index < -0.39 is 32.1 Å². The molecular weight excluding hydrogens is 262 g/mol. The monoisotopic (exact) mass is 276 g/mol. The molecule has 0 saturated carbocycles. The van der Waals surface area contributed by atoms with Gasteiger partial charge >= 0.3 is 0 Å². The molecule has 1 aromatic rings. The van der Waals surface area contributed by atoms with E-state index in [0.717, 1.165) is 25.0 Å². The minimum atomic E-state index is -3.88. The molecule has 1 saturated heterocycles. The molecule has 0 unspecified atom stereocenters. The highest BCUT2D eigenvalue weighted by Crippen LogP contribution is 2.26. The summed E-state index contributed by atoms with van der Waals surface area (Å²) in [7, 11) is -3.88. The van der Waals surface area contributed by atoms with Crippen LogP contribution in [-0.2, 0) is 16.6 Å². The molecule has 1 aliphatic rings. The summed E-state index contributed by atoms with van der Waals surface area (Å²) in [5.41, 5.74) is 4.84. The van der Waals surface area contributed by atoms with Crippen molar-refractivity contribution in [2.75, 3.05) is 13.1 Å². The first-order valence-corrected chi connectivity index (χ1v) is 7.09. The van der Waals surface area contributed by atoms with Crippen LogP contribution in [-0.4, -0.2) is 25.8 Å². The predicted molar refractivity (Wildman–Crippen MR) is 62.2 cm³/mol. The summed E-state index contributed by atoms with van der Waals surface area (Å²) in [5.74, 6) is -1.90. The number of hydrogen-bond acceptors (Lipinski definition) is 3. The van der Waals surface area contributed by atoms with Crippen LogP contribution in [0.25, 0.3) is 0 Å². The molecule has 1 aromatic carbocycles. The molecule has 7 heteroatoms. The molecule has 0 atom stereocenters. The lowest BCUT2D eigenvalue weighted by Gasteiger charge is -2.17. The first kappa shape index (κ1) is 13.4. The zero-order valence-electron chi connectivity index (χ0n) is 9.70. The number of benzene rings is 1. The lowest BCUT2D eigenvalue weighted by Crippen LogP contribution is -2.29. The predicted octanol–water partition coefficient (Wildman–Crippen LogP) is 1.21. The standard InChI is InChI=1S/C11H14F2N2O2S/c12-9-3-4-10(11(13)8(9)7-14)18(16,17)15-5-1-2-6-15/h3-4H,1-2,5-7,14H2. The van der Waals surface area contributed by atoms with Crippen LogP contribution >= 0.6 is 0 Å². The zero-order chi connectivity index (χ0) is 13.3. The maximum absolute atomic E-state index is 14.0. The van der Waals surface area contributed by atoms with Gasteiger partial charge in [-0.1, -0.05) is 0 Å². The Morgan fingerprint density at radius 2 is 1.83 bits per heavy atom.